The summed E-state index contributed by atoms with van der Waals surface area (Å²) in [5, 5.41) is 5.76. The number of hydrogen-bond acceptors (Lipinski definition) is 5. The van der Waals surface area contributed by atoms with Crippen molar-refractivity contribution in [2.24, 2.45) is 0 Å². The summed E-state index contributed by atoms with van der Waals surface area (Å²) in [6.07, 6.45) is 2.45. The molecule has 0 unspecified atom stereocenters. The molecule has 0 saturated carbocycles. The molecule has 0 bridgehead atoms. The first kappa shape index (κ1) is 23.3. The zero-order valence-corrected chi connectivity index (χ0v) is 19.5. The summed E-state index contributed by atoms with van der Waals surface area (Å²) in [7, 11) is 3.02. The molecular formula is C27H29N3O4. The number of hydrogen-bond donors (Lipinski definition) is 2. The minimum atomic E-state index is -0.271. The Morgan fingerprint density at radius 3 is 1.91 bits per heavy atom. The first-order chi connectivity index (χ1) is 16.6. The highest BCUT2D eigenvalue weighted by molar-refractivity contribution is 6.07. The van der Waals surface area contributed by atoms with Gasteiger partial charge in [-0.15, -0.1) is 0 Å². The molecule has 1 fully saturated rings. The molecule has 4 rings (SSSR count). The maximum atomic E-state index is 13.0. The molecule has 0 atom stereocenters. The van der Waals surface area contributed by atoms with Crippen molar-refractivity contribution >= 4 is 23.2 Å². The Labute approximate surface area is 199 Å². The van der Waals surface area contributed by atoms with Gasteiger partial charge in [-0.05, 0) is 55.8 Å². The van der Waals surface area contributed by atoms with Gasteiger partial charge in [0.25, 0.3) is 11.8 Å². The van der Waals surface area contributed by atoms with E-state index in [2.05, 4.69) is 15.5 Å². The van der Waals surface area contributed by atoms with E-state index in [0.29, 0.717) is 34.0 Å². The van der Waals surface area contributed by atoms with Crippen LogP contribution in [0.5, 0.6) is 11.5 Å². The normalized spacial score (nSPS) is 13.4. The number of amides is 2. The molecule has 1 saturated heterocycles. The van der Waals surface area contributed by atoms with Gasteiger partial charge in [-0.2, -0.15) is 0 Å². The predicted molar refractivity (Wildman–Crippen MR) is 133 cm³/mol. The van der Waals surface area contributed by atoms with E-state index in [0.717, 1.165) is 25.2 Å². The molecule has 0 spiro atoms. The van der Waals surface area contributed by atoms with E-state index < -0.39 is 0 Å². The van der Waals surface area contributed by atoms with Crippen molar-refractivity contribution in [3.8, 4) is 11.5 Å². The number of rotatable bonds is 8. The van der Waals surface area contributed by atoms with Crippen molar-refractivity contribution < 1.29 is 19.1 Å². The Kier molecular flexibility index (Phi) is 7.44. The van der Waals surface area contributed by atoms with Gasteiger partial charge in [-0.3, -0.25) is 14.5 Å². The van der Waals surface area contributed by atoms with Gasteiger partial charge in [0.05, 0.1) is 25.6 Å². The zero-order chi connectivity index (χ0) is 23.9. The van der Waals surface area contributed by atoms with E-state index in [1.54, 1.807) is 42.5 Å². The number of carbonyl (C=O) groups is 2. The Morgan fingerprint density at radius 1 is 0.765 bits per heavy atom. The maximum Gasteiger partial charge on any atom is 0.255 e. The average molecular weight is 460 g/mol. The Hall–Kier alpha value is -3.84. The van der Waals surface area contributed by atoms with E-state index in [4.69, 9.17) is 9.47 Å². The third-order valence-corrected chi connectivity index (χ3v) is 5.85. The first-order valence-electron chi connectivity index (χ1n) is 11.3. The summed E-state index contributed by atoms with van der Waals surface area (Å²) in [4.78, 5) is 28.0. The van der Waals surface area contributed by atoms with Crippen LogP contribution in [-0.2, 0) is 6.54 Å². The Morgan fingerprint density at radius 2 is 1.32 bits per heavy atom. The van der Waals surface area contributed by atoms with Crippen LogP contribution in [0.25, 0.3) is 0 Å². The van der Waals surface area contributed by atoms with Gasteiger partial charge in [0.1, 0.15) is 11.5 Å². The van der Waals surface area contributed by atoms with Crippen molar-refractivity contribution in [3.05, 3.63) is 83.4 Å². The van der Waals surface area contributed by atoms with Gasteiger partial charge in [0.2, 0.25) is 0 Å². The summed E-state index contributed by atoms with van der Waals surface area (Å²) in [6.45, 7) is 3.04. The number of nitrogens with one attached hydrogen (secondary N) is 2. The van der Waals surface area contributed by atoms with Crippen LogP contribution in [0.2, 0.25) is 0 Å². The van der Waals surface area contributed by atoms with E-state index in [-0.39, 0.29) is 11.8 Å². The van der Waals surface area contributed by atoms with Crippen LogP contribution in [0, 0.1) is 0 Å². The lowest BCUT2D eigenvalue weighted by molar-refractivity contribution is 0.101. The monoisotopic (exact) mass is 459 g/mol. The summed E-state index contributed by atoms with van der Waals surface area (Å²) in [5.41, 5.74) is 3.10. The molecule has 7 nitrogen and oxygen atoms in total. The summed E-state index contributed by atoms with van der Waals surface area (Å²) < 4.78 is 11.0. The molecule has 0 aromatic heterocycles. The minimum absolute atomic E-state index is 0.246. The van der Waals surface area contributed by atoms with Crippen molar-refractivity contribution in [1.82, 2.24) is 4.90 Å². The lowest BCUT2D eigenvalue weighted by Crippen LogP contribution is -2.19. The van der Waals surface area contributed by atoms with Crippen LogP contribution in [0.4, 0.5) is 11.4 Å². The molecular weight excluding hydrogens is 430 g/mol. The second-order valence-electron chi connectivity index (χ2n) is 8.21. The van der Waals surface area contributed by atoms with Gasteiger partial charge in [-0.1, -0.05) is 30.3 Å². The predicted octanol–water partition coefficient (Wildman–Crippen LogP) is 4.80. The Bertz CT molecular complexity index is 1160. The summed E-state index contributed by atoms with van der Waals surface area (Å²) >= 11 is 0. The van der Waals surface area contributed by atoms with Crippen LogP contribution in [0.1, 0.15) is 39.1 Å². The van der Waals surface area contributed by atoms with Crippen LogP contribution >= 0.6 is 0 Å². The second kappa shape index (κ2) is 10.9. The number of anilines is 2. The van der Waals surface area contributed by atoms with Crippen LogP contribution in [0.3, 0.4) is 0 Å². The van der Waals surface area contributed by atoms with Crippen LogP contribution in [0.15, 0.2) is 66.7 Å². The van der Waals surface area contributed by atoms with Gasteiger partial charge in [-0.25, -0.2) is 0 Å². The molecule has 34 heavy (non-hydrogen) atoms. The quantitative estimate of drug-likeness (QED) is 0.506. The lowest BCUT2D eigenvalue weighted by atomic mass is 10.1. The smallest absolute Gasteiger partial charge is 0.255 e. The third-order valence-electron chi connectivity index (χ3n) is 5.85. The summed E-state index contributed by atoms with van der Waals surface area (Å²) in [5.74, 6) is 0.297. The molecule has 1 heterocycles. The van der Waals surface area contributed by atoms with E-state index in [9.17, 15) is 9.59 Å². The number of carbonyl (C=O) groups excluding carboxylic acids is 2. The SMILES string of the molecule is COc1cc(NC(=O)c2cccc(CN3CCCC3)c2)c(OC)cc1NC(=O)c1ccccc1. The number of benzene rings is 3. The highest BCUT2D eigenvalue weighted by Crippen LogP contribution is 2.37. The molecule has 0 radical (unpaired) electrons. The van der Waals surface area contributed by atoms with Gasteiger partial charge < -0.3 is 20.1 Å². The van der Waals surface area contributed by atoms with E-state index >= 15 is 0 Å². The van der Waals surface area contributed by atoms with Gasteiger partial charge >= 0.3 is 0 Å². The topological polar surface area (TPSA) is 79.9 Å². The zero-order valence-electron chi connectivity index (χ0n) is 19.5. The fraction of sp³-hybridized carbons (Fsp3) is 0.259. The first-order valence-corrected chi connectivity index (χ1v) is 11.3. The Balaban J connectivity index is 1.52. The fourth-order valence-corrected chi connectivity index (χ4v) is 4.08. The molecule has 7 heteroatoms. The standard InChI is InChI=1S/C27H29N3O4/c1-33-24-17-23(25(34-2)16-22(24)28-26(31)20-10-4-3-5-11-20)29-27(32)21-12-8-9-19(15-21)18-30-13-6-7-14-30/h3-5,8-12,15-17H,6-7,13-14,18H2,1-2H3,(H,28,31)(H,29,32). The average Bonchev–Trinajstić information content (AvgIpc) is 3.38. The highest BCUT2D eigenvalue weighted by Gasteiger charge is 2.18. The van der Waals surface area contributed by atoms with Crippen molar-refractivity contribution in [2.75, 3.05) is 37.9 Å². The van der Waals surface area contributed by atoms with Crippen molar-refractivity contribution in [3.63, 3.8) is 0 Å². The molecule has 3 aromatic carbocycles. The molecule has 2 amide bonds. The fourth-order valence-electron chi connectivity index (χ4n) is 4.08. The molecule has 2 N–H and O–H groups in total. The highest BCUT2D eigenvalue weighted by atomic mass is 16.5. The van der Waals surface area contributed by atoms with Crippen LogP contribution in [-0.4, -0.2) is 44.0 Å². The summed E-state index contributed by atoms with van der Waals surface area (Å²) in [6, 6.07) is 19.8. The molecule has 3 aromatic rings. The number of nitrogens with zero attached hydrogens (tertiary/aromatic N) is 1. The lowest BCUT2D eigenvalue weighted by Gasteiger charge is -2.17. The number of methoxy groups -OCH3 is 2. The third kappa shape index (κ3) is 5.55. The second-order valence-corrected chi connectivity index (χ2v) is 8.21. The minimum Gasteiger partial charge on any atom is -0.494 e. The van der Waals surface area contributed by atoms with E-state index in [1.165, 1.54) is 27.1 Å². The van der Waals surface area contributed by atoms with Crippen molar-refractivity contribution in [2.45, 2.75) is 19.4 Å². The number of ether oxygens (including phenoxy) is 2. The molecule has 176 valence electrons. The largest absolute Gasteiger partial charge is 0.494 e. The molecule has 0 aliphatic carbocycles. The van der Waals surface area contributed by atoms with Gasteiger partial charge in [0.15, 0.2) is 0 Å². The van der Waals surface area contributed by atoms with Crippen LogP contribution < -0.4 is 20.1 Å². The van der Waals surface area contributed by atoms with E-state index in [1.807, 2.05) is 24.3 Å². The number of likely N-dealkylation sites (tertiary alicyclic amines) is 1. The van der Waals surface area contributed by atoms with Gasteiger partial charge in [0, 0.05) is 29.8 Å². The molecule has 1 aliphatic rings. The van der Waals surface area contributed by atoms with Crippen molar-refractivity contribution in [1.29, 1.82) is 0 Å². The molecule has 1 aliphatic heterocycles. The maximum absolute atomic E-state index is 13.0.